The highest BCUT2D eigenvalue weighted by Gasteiger charge is 2.41. The van der Waals surface area contributed by atoms with Crippen molar-refractivity contribution in [1.29, 1.82) is 0 Å². The smallest absolute Gasteiger partial charge is 0.408 e. The van der Waals surface area contributed by atoms with Crippen LogP contribution in [0.1, 0.15) is 31.9 Å². The van der Waals surface area contributed by atoms with E-state index in [-0.39, 0.29) is 23.7 Å². The Hall–Kier alpha value is -2.35. The van der Waals surface area contributed by atoms with Crippen LogP contribution in [0.5, 0.6) is 5.75 Å². The van der Waals surface area contributed by atoms with Crippen molar-refractivity contribution in [3.8, 4) is 17.6 Å². The lowest BCUT2D eigenvalue weighted by molar-refractivity contribution is -0.141. The fourth-order valence-electron chi connectivity index (χ4n) is 3.27. The number of benzene rings is 1. The number of carboxylic acids is 1. The summed E-state index contributed by atoms with van der Waals surface area (Å²) in [5.41, 5.74) is 0.722. The molecule has 0 aromatic heterocycles. The molecular formula is C22H27N3O5S2. The Morgan fingerprint density at radius 1 is 1.34 bits per heavy atom. The molecule has 0 saturated carbocycles. The quantitative estimate of drug-likeness (QED) is 0.568. The van der Waals surface area contributed by atoms with Crippen LogP contribution in [0.25, 0.3) is 0 Å². The molecule has 1 aromatic carbocycles. The molecule has 10 heteroatoms. The number of phenols is 1. The molecule has 0 radical (unpaired) electrons. The molecule has 2 aliphatic heterocycles. The molecule has 3 N–H and O–H groups in total. The highest BCUT2D eigenvalue weighted by Crippen LogP contribution is 2.37. The lowest BCUT2D eigenvalue weighted by atomic mass is 10.1. The highest BCUT2D eigenvalue weighted by atomic mass is 32.2. The fraction of sp³-hybridized carbons (Fsp3) is 0.500. The third kappa shape index (κ3) is 6.12. The summed E-state index contributed by atoms with van der Waals surface area (Å²) >= 11 is 3.15. The second-order valence-electron chi connectivity index (χ2n) is 8.45. The summed E-state index contributed by atoms with van der Waals surface area (Å²) in [6.45, 7) is 5.51. The monoisotopic (exact) mass is 477 g/mol. The van der Waals surface area contributed by atoms with E-state index >= 15 is 0 Å². The van der Waals surface area contributed by atoms with Crippen molar-refractivity contribution in [2.75, 3.05) is 25.1 Å². The van der Waals surface area contributed by atoms with Gasteiger partial charge in [-0.3, -0.25) is 14.7 Å². The van der Waals surface area contributed by atoms with Crippen LogP contribution < -0.4 is 5.32 Å². The molecule has 0 bridgehead atoms. The molecule has 172 valence electrons. The van der Waals surface area contributed by atoms with E-state index in [0.29, 0.717) is 16.9 Å². The van der Waals surface area contributed by atoms with Crippen molar-refractivity contribution in [2.24, 2.45) is 4.99 Å². The minimum absolute atomic E-state index is 0.00912. The maximum absolute atomic E-state index is 11.7. The topological polar surface area (TPSA) is 111 Å². The Morgan fingerprint density at radius 2 is 2.09 bits per heavy atom. The summed E-state index contributed by atoms with van der Waals surface area (Å²) in [5.74, 6) is 6.40. The molecule has 1 saturated heterocycles. The lowest BCUT2D eigenvalue weighted by Crippen LogP contribution is -2.42. The van der Waals surface area contributed by atoms with Crippen molar-refractivity contribution in [3.05, 3.63) is 29.3 Å². The van der Waals surface area contributed by atoms with E-state index in [1.165, 1.54) is 0 Å². The molecule has 0 spiro atoms. The summed E-state index contributed by atoms with van der Waals surface area (Å²) in [7, 11) is 1.82. The number of likely N-dealkylation sites (N-methyl/N-ethyl adjacent to an activating group) is 1. The van der Waals surface area contributed by atoms with Gasteiger partial charge in [-0.25, -0.2) is 4.79 Å². The number of carboxylic acid groups (broad SMARTS) is 1. The first-order valence-corrected chi connectivity index (χ1v) is 12.1. The first-order valence-electron chi connectivity index (χ1n) is 10.1. The zero-order valence-electron chi connectivity index (χ0n) is 18.4. The number of rotatable bonds is 4. The van der Waals surface area contributed by atoms with E-state index in [2.05, 4.69) is 17.2 Å². The van der Waals surface area contributed by atoms with Crippen LogP contribution in [0.15, 0.2) is 23.2 Å². The van der Waals surface area contributed by atoms with Crippen LogP contribution in [0, 0.1) is 11.8 Å². The second kappa shape index (κ2) is 10.1. The van der Waals surface area contributed by atoms with Gasteiger partial charge in [0.05, 0.1) is 18.0 Å². The largest absolute Gasteiger partial charge is 0.507 e. The number of carbonyl (C=O) groups is 2. The van der Waals surface area contributed by atoms with E-state index in [9.17, 15) is 19.8 Å². The van der Waals surface area contributed by atoms with Crippen molar-refractivity contribution in [1.82, 2.24) is 10.2 Å². The van der Waals surface area contributed by atoms with Gasteiger partial charge < -0.3 is 20.3 Å². The molecular weight excluding hydrogens is 450 g/mol. The summed E-state index contributed by atoms with van der Waals surface area (Å²) < 4.78 is 5.16. The lowest BCUT2D eigenvalue weighted by Gasteiger charge is -2.24. The first-order chi connectivity index (χ1) is 15.0. The maximum atomic E-state index is 11.7. The SMILES string of the molecule is CN1[C@@H]([C@H]2CSC(c3cc(C#CCNC(=O)OC(C)(C)C)ccc3O)=N2)SC[C@H]1C(=O)O. The van der Waals surface area contributed by atoms with Gasteiger partial charge in [-0.15, -0.1) is 23.5 Å². The third-order valence-electron chi connectivity index (χ3n) is 4.79. The van der Waals surface area contributed by atoms with Crippen molar-refractivity contribution in [3.63, 3.8) is 0 Å². The van der Waals surface area contributed by atoms with Crippen LogP contribution in [-0.2, 0) is 9.53 Å². The van der Waals surface area contributed by atoms with Crippen molar-refractivity contribution in [2.45, 2.75) is 43.8 Å². The summed E-state index contributed by atoms with van der Waals surface area (Å²) in [4.78, 5) is 29.7. The predicted molar refractivity (Wildman–Crippen MR) is 127 cm³/mol. The number of aliphatic carboxylic acids is 1. The predicted octanol–water partition coefficient (Wildman–Crippen LogP) is 2.59. The van der Waals surface area contributed by atoms with Gasteiger partial charge in [0.15, 0.2) is 0 Å². The van der Waals surface area contributed by atoms with E-state index in [0.717, 1.165) is 10.8 Å². The van der Waals surface area contributed by atoms with Crippen LogP contribution in [0.2, 0.25) is 0 Å². The molecule has 2 heterocycles. The Labute approximate surface area is 196 Å². The molecule has 3 atom stereocenters. The number of thioether (sulfide) groups is 2. The number of hydrogen-bond donors (Lipinski definition) is 3. The number of phenolic OH excluding ortho intramolecular Hbond substituents is 1. The molecule has 1 aromatic rings. The van der Waals surface area contributed by atoms with Gasteiger partial charge in [-0.1, -0.05) is 11.8 Å². The Balaban J connectivity index is 1.66. The molecule has 0 aliphatic carbocycles. The number of hydrogen-bond acceptors (Lipinski definition) is 8. The molecule has 8 nitrogen and oxygen atoms in total. The van der Waals surface area contributed by atoms with Gasteiger partial charge >= 0.3 is 12.1 Å². The van der Waals surface area contributed by atoms with Crippen LogP contribution in [-0.4, -0.2) is 80.4 Å². The molecule has 1 amide bonds. The molecule has 32 heavy (non-hydrogen) atoms. The number of aromatic hydroxyl groups is 1. The van der Waals surface area contributed by atoms with Crippen molar-refractivity contribution >= 4 is 40.6 Å². The minimum Gasteiger partial charge on any atom is -0.507 e. The number of carbonyl (C=O) groups excluding carboxylic acids is 1. The van der Waals surface area contributed by atoms with Gasteiger partial charge in [0.1, 0.15) is 22.4 Å². The number of nitrogens with one attached hydrogen (secondary N) is 1. The van der Waals surface area contributed by atoms with Gasteiger partial charge in [-0.2, -0.15) is 0 Å². The summed E-state index contributed by atoms with van der Waals surface area (Å²) in [6, 6.07) is 4.50. The molecule has 2 aliphatic rings. The molecule has 1 fully saturated rings. The first kappa shape index (κ1) is 24.3. The Kier molecular flexibility index (Phi) is 7.64. The van der Waals surface area contributed by atoms with E-state index in [1.54, 1.807) is 62.5 Å². The molecule has 3 rings (SSSR count). The zero-order valence-corrected chi connectivity index (χ0v) is 20.0. The van der Waals surface area contributed by atoms with Crippen LogP contribution in [0.4, 0.5) is 4.79 Å². The molecule has 0 unspecified atom stereocenters. The minimum atomic E-state index is -0.817. The summed E-state index contributed by atoms with van der Waals surface area (Å²) in [5, 5.41) is 23.0. The number of aliphatic imine (C=N–C) groups is 1. The number of alkyl carbamates (subject to hydrolysis) is 1. The number of ether oxygens (including phenoxy) is 1. The Morgan fingerprint density at radius 3 is 2.75 bits per heavy atom. The second-order valence-corrected chi connectivity index (χ2v) is 10.6. The Bertz CT molecular complexity index is 980. The number of nitrogens with zero attached hydrogens (tertiary/aromatic N) is 2. The van der Waals surface area contributed by atoms with E-state index in [1.807, 2.05) is 11.9 Å². The standard InChI is InChI=1S/C22H27N3O5S2/c1-22(2,3)30-21(29)23-9-5-6-13-7-8-17(26)14(10-13)18-24-15(11-31-18)19-25(4)16(12-32-19)20(27)28/h7-8,10,15-16,19,26H,9,11-12H2,1-4H3,(H,23,29)(H,27,28)/t15-,16+,19-/m1/s1. The maximum Gasteiger partial charge on any atom is 0.408 e. The zero-order chi connectivity index (χ0) is 23.5. The summed E-state index contributed by atoms with van der Waals surface area (Å²) in [6.07, 6.45) is -0.527. The van der Waals surface area contributed by atoms with Gasteiger partial charge in [0.25, 0.3) is 0 Å². The highest BCUT2D eigenvalue weighted by molar-refractivity contribution is 8.14. The normalized spacial score (nSPS) is 23.2. The van der Waals surface area contributed by atoms with Gasteiger partial charge in [0, 0.05) is 22.6 Å². The van der Waals surface area contributed by atoms with Gasteiger partial charge in [-0.05, 0) is 46.0 Å². The van der Waals surface area contributed by atoms with Crippen molar-refractivity contribution < 1.29 is 24.5 Å². The van der Waals surface area contributed by atoms with E-state index in [4.69, 9.17) is 9.73 Å². The average molecular weight is 478 g/mol. The van der Waals surface area contributed by atoms with E-state index < -0.39 is 23.7 Å². The van der Waals surface area contributed by atoms with Crippen LogP contribution >= 0.6 is 23.5 Å². The fourth-order valence-corrected chi connectivity index (χ4v) is 6.03. The average Bonchev–Trinajstić information content (AvgIpc) is 3.31. The number of amides is 1. The third-order valence-corrected chi connectivity index (χ3v) is 7.39. The van der Waals surface area contributed by atoms with Gasteiger partial charge in [0.2, 0.25) is 0 Å². The van der Waals surface area contributed by atoms with Crippen LogP contribution in [0.3, 0.4) is 0 Å².